The van der Waals surface area contributed by atoms with Crippen molar-refractivity contribution in [2.75, 3.05) is 26.0 Å². The molecule has 4 nitrogen and oxygen atoms in total. The molecule has 0 saturated carbocycles. The van der Waals surface area contributed by atoms with Gasteiger partial charge in [0.1, 0.15) is 5.75 Å². The molecule has 1 aromatic rings. The molecule has 2 rings (SSSR count). The number of nitrogens with zero attached hydrogens (tertiary/aromatic N) is 1. The van der Waals surface area contributed by atoms with E-state index in [0.29, 0.717) is 0 Å². The molecule has 1 aliphatic rings. The molecule has 3 N–H and O–H groups in total. The van der Waals surface area contributed by atoms with Crippen LogP contribution in [0.25, 0.3) is 0 Å². The average Bonchev–Trinajstić information content (AvgIpc) is 2.63. The van der Waals surface area contributed by atoms with E-state index in [1.165, 1.54) is 19.3 Å². The van der Waals surface area contributed by atoms with Gasteiger partial charge in [0, 0.05) is 24.3 Å². The summed E-state index contributed by atoms with van der Waals surface area (Å²) in [5.74, 6) is 0.797. The summed E-state index contributed by atoms with van der Waals surface area (Å²) < 4.78 is 5.25. The fourth-order valence-corrected chi connectivity index (χ4v) is 2.78. The third kappa shape index (κ3) is 3.85. The lowest BCUT2D eigenvalue weighted by Crippen LogP contribution is -2.36. The highest BCUT2D eigenvalue weighted by molar-refractivity contribution is 5.47. The zero-order valence-corrected chi connectivity index (χ0v) is 11.6. The van der Waals surface area contributed by atoms with E-state index in [0.717, 1.165) is 36.5 Å². The first-order chi connectivity index (χ1) is 9.22. The Labute approximate surface area is 115 Å². The minimum absolute atomic E-state index is 0.236. The number of ether oxygens (including phenoxy) is 1. The number of methoxy groups -OCH3 is 1. The number of benzene rings is 1. The Morgan fingerprint density at radius 3 is 2.89 bits per heavy atom. The molecule has 1 atom stereocenters. The third-order valence-electron chi connectivity index (χ3n) is 3.82. The van der Waals surface area contributed by atoms with E-state index in [9.17, 15) is 5.11 Å². The SMILES string of the molecule is COc1cc(N)cc(CN2CCCCCC2CO)c1. The Kier molecular flexibility index (Phi) is 5.05. The molecule has 0 spiro atoms. The molecule has 0 aliphatic carbocycles. The molecule has 0 aromatic heterocycles. The number of nitrogen functional groups attached to an aromatic ring is 1. The van der Waals surface area contributed by atoms with Crippen molar-refractivity contribution in [3.63, 3.8) is 0 Å². The molecule has 1 fully saturated rings. The van der Waals surface area contributed by atoms with Gasteiger partial charge in [-0.1, -0.05) is 12.8 Å². The fourth-order valence-electron chi connectivity index (χ4n) is 2.78. The molecular formula is C15H24N2O2. The second-order valence-corrected chi connectivity index (χ2v) is 5.27. The maximum atomic E-state index is 9.53. The molecule has 1 unspecified atom stereocenters. The van der Waals surface area contributed by atoms with Gasteiger partial charge in [-0.05, 0) is 37.1 Å². The van der Waals surface area contributed by atoms with Gasteiger partial charge >= 0.3 is 0 Å². The molecule has 4 heteroatoms. The largest absolute Gasteiger partial charge is 0.497 e. The van der Waals surface area contributed by atoms with Crippen molar-refractivity contribution in [1.82, 2.24) is 4.90 Å². The Bertz CT molecular complexity index is 409. The molecule has 1 aliphatic heterocycles. The van der Waals surface area contributed by atoms with Crippen LogP contribution in [-0.4, -0.2) is 36.3 Å². The van der Waals surface area contributed by atoms with Crippen LogP contribution in [0.4, 0.5) is 5.69 Å². The minimum atomic E-state index is 0.236. The first-order valence-electron chi connectivity index (χ1n) is 7.01. The molecular weight excluding hydrogens is 240 g/mol. The zero-order valence-electron chi connectivity index (χ0n) is 11.6. The molecule has 1 heterocycles. The third-order valence-corrected chi connectivity index (χ3v) is 3.82. The Balaban J connectivity index is 2.11. The van der Waals surface area contributed by atoms with Crippen molar-refractivity contribution in [3.8, 4) is 5.75 Å². The van der Waals surface area contributed by atoms with Crippen molar-refractivity contribution >= 4 is 5.69 Å². The minimum Gasteiger partial charge on any atom is -0.497 e. The molecule has 19 heavy (non-hydrogen) atoms. The van der Waals surface area contributed by atoms with Crippen molar-refractivity contribution in [1.29, 1.82) is 0 Å². The highest BCUT2D eigenvalue weighted by Gasteiger charge is 2.20. The summed E-state index contributed by atoms with van der Waals surface area (Å²) in [7, 11) is 1.65. The Hall–Kier alpha value is -1.26. The summed E-state index contributed by atoms with van der Waals surface area (Å²) in [5.41, 5.74) is 7.77. The zero-order chi connectivity index (χ0) is 13.7. The van der Waals surface area contributed by atoms with Gasteiger partial charge in [0.2, 0.25) is 0 Å². The van der Waals surface area contributed by atoms with E-state index in [1.807, 2.05) is 18.2 Å². The maximum absolute atomic E-state index is 9.53. The van der Waals surface area contributed by atoms with Gasteiger partial charge in [-0.25, -0.2) is 0 Å². The van der Waals surface area contributed by atoms with E-state index < -0.39 is 0 Å². The number of anilines is 1. The van der Waals surface area contributed by atoms with Crippen LogP contribution in [0, 0.1) is 0 Å². The van der Waals surface area contributed by atoms with Crippen LogP contribution in [0.1, 0.15) is 31.2 Å². The maximum Gasteiger partial charge on any atom is 0.121 e. The Morgan fingerprint density at radius 2 is 2.16 bits per heavy atom. The summed E-state index contributed by atoms with van der Waals surface area (Å²) in [6.07, 6.45) is 4.75. The van der Waals surface area contributed by atoms with Crippen LogP contribution in [-0.2, 0) is 6.54 Å². The molecule has 106 valence electrons. The van der Waals surface area contributed by atoms with Crippen LogP contribution in [0.5, 0.6) is 5.75 Å². The Morgan fingerprint density at radius 1 is 1.32 bits per heavy atom. The lowest BCUT2D eigenvalue weighted by molar-refractivity contribution is 0.118. The lowest BCUT2D eigenvalue weighted by Gasteiger charge is -2.28. The second-order valence-electron chi connectivity index (χ2n) is 5.27. The van der Waals surface area contributed by atoms with Crippen molar-refractivity contribution < 1.29 is 9.84 Å². The molecule has 0 radical (unpaired) electrons. The number of hydrogen-bond acceptors (Lipinski definition) is 4. The van der Waals surface area contributed by atoms with Gasteiger partial charge in [-0.15, -0.1) is 0 Å². The fraction of sp³-hybridized carbons (Fsp3) is 0.600. The van der Waals surface area contributed by atoms with Crippen molar-refractivity contribution in [2.45, 2.75) is 38.3 Å². The van der Waals surface area contributed by atoms with Crippen LogP contribution in [0.15, 0.2) is 18.2 Å². The van der Waals surface area contributed by atoms with Gasteiger partial charge in [0.15, 0.2) is 0 Å². The number of aliphatic hydroxyl groups excluding tert-OH is 1. The molecule has 1 aromatic carbocycles. The molecule has 0 bridgehead atoms. The van der Waals surface area contributed by atoms with E-state index in [4.69, 9.17) is 10.5 Å². The summed E-state index contributed by atoms with van der Waals surface area (Å²) in [6.45, 7) is 2.11. The lowest BCUT2D eigenvalue weighted by atomic mass is 10.1. The topological polar surface area (TPSA) is 58.7 Å². The van der Waals surface area contributed by atoms with Crippen LogP contribution in [0.3, 0.4) is 0 Å². The summed E-state index contributed by atoms with van der Waals surface area (Å²) in [4.78, 5) is 2.36. The van der Waals surface area contributed by atoms with Crippen molar-refractivity contribution in [3.05, 3.63) is 23.8 Å². The highest BCUT2D eigenvalue weighted by Crippen LogP contribution is 2.23. The first kappa shape index (κ1) is 14.2. The highest BCUT2D eigenvalue weighted by atomic mass is 16.5. The van der Waals surface area contributed by atoms with Crippen LogP contribution in [0.2, 0.25) is 0 Å². The van der Waals surface area contributed by atoms with Crippen LogP contribution < -0.4 is 10.5 Å². The van der Waals surface area contributed by atoms with Gasteiger partial charge in [-0.3, -0.25) is 4.90 Å². The summed E-state index contributed by atoms with van der Waals surface area (Å²) >= 11 is 0. The average molecular weight is 264 g/mol. The summed E-state index contributed by atoms with van der Waals surface area (Å²) in [5, 5.41) is 9.53. The normalized spacial score (nSPS) is 21.1. The number of aliphatic hydroxyl groups is 1. The van der Waals surface area contributed by atoms with E-state index in [1.54, 1.807) is 7.11 Å². The number of likely N-dealkylation sites (tertiary alicyclic amines) is 1. The molecule has 1 saturated heterocycles. The number of hydrogen-bond donors (Lipinski definition) is 2. The van der Waals surface area contributed by atoms with E-state index in [2.05, 4.69) is 4.90 Å². The first-order valence-corrected chi connectivity index (χ1v) is 7.01. The quantitative estimate of drug-likeness (QED) is 0.817. The smallest absolute Gasteiger partial charge is 0.121 e. The van der Waals surface area contributed by atoms with Gasteiger partial charge < -0.3 is 15.6 Å². The van der Waals surface area contributed by atoms with Gasteiger partial charge in [0.25, 0.3) is 0 Å². The number of rotatable bonds is 4. The molecule has 0 amide bonds. The second kappa shape index (κ2) is 6.78. The predicted octanol–water partition coefficient (Wildman–Crippen LogP) is 2.01. The van der Waals surface area contributed by atoms with Gasteiger partial charge in [0.05, 0.1) is 13.7 Å². The van der Waals surface area contributed by atoms with Gasteiger partial charge in [-0.2, -0.15) is 0 Å². The predicted molar refractivity (Wildman–Crippen MR) is 77.2 cm³/mol. The summed E-state index contributed by atoms with van der Waals surface area (Å²) in [6, 6.07) is 6.11. The standard InChI is InChI=1S/C15H24N2O2/c1-19-15-8-12(7-13(16)9-15)10-17-6-4-2-3-5-14(17)11-18/h7-9,14,18H,2-6,10-11,16H2,1H3. The monoisotopic (exact) mass is 264 g/mol. The number of nitrogens with two attached hydrogens (primary N) is 1. The van der Waals surface area contributed by atoms with Crippen LogP contribution >= 0.6 is 0 Å². The van der Waals surface area contributed by atoms with E-state index in [-0.39, 0.29) is 12.6 Å². The van der Waals surface area contributed by atoms with Crippen molar-refractivity contribution in [2.24, 2.45) is 0 Å². The van der Waals surface area contributed by atoms with E-state index >= 15 is 0 Å².